The van der Waals surface area contributed by atoms with Gasteiger partial charge in [-0.05, 0) is 59.9 Å². The summed E-state index contributed by atoms with van der Waals surface area (Å²) in [5.41, 5.74) is 1.29. The Kier molecular flexibility index (Phi) is 6.28. The summed E-state index contributed by atoms with van der Waals surface area (Å²) in [6.07, 6.45) is 9.04. The van der Waals surface area contributed by atoms with Gasteiger partial charge in [0.2, 0.25) is 0 Å². The molecule has 0 bridgehead atoms. The Morgan fingerprint density at radius 1 is 1.42 bits per heavy atom. The van der Waals surface area contributed by atoms with Crippen LogP contribution in [0.4, 0.5) is 0 Å². The molecule has 4 heteroatoms. The van der Waals surface area contributed by atoms with E-state index < -0.39 is 0 Å². The van der Waals surface area contributed by atoms with Gasteiger partial charge in [-0.2, -0.15) is 0 Å². The number of piperidine rings is 1. The largest absolute Gasteiger partial charge is 0.313 e. The lowest BCUT2D eigenvalue weighted by molar-refractivity contribution is 0.217. The molecule has 2 heterocycles. The monoisotopic (exact) mass is 325 g/mol. The maximum atomic E-state index is 4.26. The van der Waals surface area contributed by atoms with Gasteiger partial charge in [0.1, 0.15) is 0 Å². The number of aromatic nitrogens is 1. The highest BCUT2D eigenvalue weighted by molar-refractivity contribution is 9.10. The summed E-state index contributed by atoms with van der Waals surface area (Å²) in [4.78, 5) is 6.80. The summed E-state index contributed by atoms with van der Waals surface area (Å²) in [7, 11) is 0. The first-order valence-electron chi connectivity index (χ1n) is 7.33. The van der Waals surface area contributed by atoms with Crippen molar-refractivity contribution in [1.29, 1.82) is 0 Å². The molecule has 0 aliphatic carbocycles. The number of hydrogen-bond acceptors (Lipinski definition) is 3. The van der Waals surface area contributed by atoms with Crippen LogP contribution >= 0.6 is 15.9 Å². The van der Waals surface area contributed by atoms with Crippen LogP contribution in [0.2, 0.25) is 0 Å². The molecule has 1 aromatic rings. The van der Waals surface area contributed by atoms with E-state index in [9.17, 15) is 0 Å². The molecule has 2 rings (SSSR count). The molecule has 0 amide bonds. The van der Waals surface area contributed by atoms with Crippen LogP contribution in [0.1, 0.15) is 38.2 Å². The van der Waals surface area contributed by atoms with Gasteiger partial charge in [0, 0.05) is 36.0 Å². The molecule has 0 saturated carbocycles. The second kappa shape index (κ2) is 7.98. The van der Waals surface area contributed by atoms with Gasteiger partial charge in [-0.15, -0.1) is 0 Å². The first-order chi connectivity index (χ1) is 9.28. The number of nitrogens with zero attached hydrogens (tertiary/aromatic N) is 2. The third-order valence-corrected chi connectivity index (χ3v) is 4.03. The van der Waals surface area contributed by atoms with E-state index in [4.69, 9.17) is 0 Å². The van der Waals surface area contributed by atoms with Gasteiger partial charge in [-0.3, -0.25) is 9.88 Å². The molecule has 106 valence electrons. The zero-order chi connectivity index (χ0) is 13.5. The van der Waals surface area contributed by atoms with Crippen molar-refractivity contribution in [2.75, 3.05) is 19.6 Å². The van der Waals surface area contributed by atoms with Crippen LogP contribution in [0.3, 0.4) is 0 Å². The summed E-state index contributed by atoms with van der Waals surface area (Å²) in [6, 6.07) is 2.84. The van der Waals surface area contributed by atoms with Crippen molar-refractivity contribution in [2.24, 2.45) is 0 Å². The topological polar surface area (TPSA) is 28.2 Å². The van der Waals surface area contributed by atoms with Crippen LogP contribution in [0.5, 0.6) is 0 Å². The van der Waals surface area contributed by atoms with Crippen LogP contribution in [0.25, 0.3) is 0 Å². The summed E-state index contributed by atoms with van der Waals surface area (Å²) in [6.45, 7) is 6.74. The molecule has 1 aromatic heterocycles. The van der Waals surface area contributed by atoms with E-state index in [-0.39, 0.29) is 0 Å². The smallest absolute Gasteiger partial charge is 0.0410 e. The van der Waals surface area contributed by atoms with Gasteiger partial charge in [-0.25, -0.2) is 0 Å². The minimum atomic E-state index is 0.667. The maximum Gasteiger partial charge on any atom is 0.0410 e. The lowest BCUT2D eigenvalue weighted by Crippen LogP contribution is -2.43. The van der Waals surface area contributed by atoms with E-state index in [0.717, 1.165) is 24.1 Å². The number of hydrogen-bond donors (Lipinski definition) is 1. The lowest BCUT2D eigenvalue weighted by atomic mass is 10.0. The predicted octanol–water partition coefficient (Wildman–Crippen LogP) is 3.20. The Morgan fingerprint density at radius 2 is 2.32 bits per heavy atom. The molecule has 19 heavy (non-hydrogen) atoms. The molecule has 1 aliphatic heterocycles. The number of pyridine rings is 1. The predicted molar refractivity (Wildman–Crippen MR) is 83.1 cm³/mol. The third-order valence-electron chi connectivity index (χ3n) is 3.60. The van der Waals surface area contributed by atoms with Crippen molar-refractivity contribution in [1.82, 2.24) is 15.2 Å². The average molecular weight is 326 g/mol. The van der Waals surface area contributed by atoms with Gasteiger partial charge in [-0.1, -0.05) is 13.3 Å². The van der Waals surface area contributed by atoms with E-state index in [2.05, 4.69) is 44.1 Å². The molecular formula is C15H24BrN3. The van der Waals surface area contributed by atoms with E-state index in [1.807, 2.05) is 12.4 Å². The fourth-order valence-corrected chi connectivity index (χ4v) is 3.16. The molecule has 0 aromatic carbocycles. The molecule has 1 fully saturated rings. The van der Waals surface area contributed by atoms with Crippen LogP contribution < -0.4 is 5.32 Å². The van der Waals surface area contributed by atoms with Crippen molar-refractivity contribution in [2.45, 2.75) is 45.2 Å². The maximum absolute atomic E-state index is 4.26. The number of halogens is 1. The van der Waals surface area contributed by atoms with Gasteiger partial charge in [0.15, 0.2) is 0 Å². The third kappa shape index (κ3) is 5.21. The molecule has 1 atom stereocenters. The number of rotatable bonds is 6. The minimum absolute atomic E-state index is 0.667. The fourth-order valence-electron chi connectivity index (χ4n) is 2.74. The quantitative estimate of drug-likeness (QED) is 0.870. The van der Waals surface area contributed by atoms with Crippen LogP contribution in [-0.2, 0) is 6.54 Å². The Bertz CT molecular complexity index is 377. The van der Waals surface area contributed by atoms with Crippen molar-refractivity contribution < 1.29 is 0 Å². The van der Waals surface area contributed by atoms with Gasteiger partial charge >= 0.3 is 0 Å². The zero-order valence-electron chi connectivity index (χ0n) is 11.7. The van der Waals surface area contributed by atoms with Crippen molar-refractivity contribution >= 4 is 15.9 Å². The van der Waals surface area contributed by atoms with Crippen molar-refractivity contribution in [3.05, 3.63) is 28.5 Å². The first kappa shape index (κ1) is 14.9. The Labute approximate surface area is 124 Å². The standard InChI is InChI=1S/C15H24BrN3/c1-2-7-19(12-15-5-3-4-6-18-15)11-13-8-14(16)10-17-9-13/h8-10,15,18H,2-7,11-12H2,1H3. The average Bonchev–Trinajstić information content (AvgIpc) is 2.40. The number of nitrogens with one attached hydrogen (secondary N) is 1. The van der Waals surface area contributed by atoms with Crippen LogP contribution in [0.15, 0.2) is 22.9 Å². The molecule has 1 unspecified atom stereocenters. The first-order valence-corrected chi connectivity index (χ1v) is 8.12. The molecule has 1 N–H and O–H groups in total. The van der Waals surface area contributed by atoms with E-state index in [0.29, 0.717) is 6.04 Å². The minimum Gasteiger partial charge on any atom is -0.313 e. The Hall–Kier alpha value is -0.450. The highest BCUT2D eigenvalue weighted by Crippen LogP contribution is 2.14. The van der Waals surface area contributed by atoms with E-state index in [1.54, 1.807) is 0 Å². The van der Waals surface area contributed by atoms with Crippen molar-refractivity contribution in [3.63, 3.8) is 0 Å². The lowest BCUT2D eigenvalue weighted by Gasteiger charge is -2.30. The van der Waals surface area contributed by atoms with Gasteiger partial charge in [0.05, 0.1) is 0 Å². The SMILES string of the molecule is CCCN(Cc1cncc(Br)c1)CC1CCCCN1. The van der Waals surface area contributed by atoms with Crippen molar-refractivity contribution in [3.8, 4) is 0 Å². The highest BCUT2D eigenvalue weighted by atomic mass is 79.9. The van der Waals surface area contributed by atoms with E-state index in [1.165, 1.54) is 37.8 Å². The fraction of sp³-hybridized carbons (Fsp3) is 0.667. The Morgan fingerprint density at radius 3 is 3.00 bits per heavy atom. The summed E-state index contributed by atoms with van der Waals surface area (Å²) < 4.78 is 1.07. The molecule has 1 aliphatic rings. The second-order valence-electron chi connectivity index (χ2n) is 5.39. The van der Waals surface area contributed by atoms with Gasteiger partial charge < -0.3 is 5.32 Å². The second-order valence-corrected chi connectivity index (χ2v) is 6.31. The van der Waals surface area contributed by atoms with Gasteiger partial charge in [0.25, 0.3) is 0 Å². The summed E-state index contributed by atoms with van der Waals surface area (Å²) in [5, 5.41) is 3.64. The molecule has 3 nitrogen and oxygen atoms in total. The summed E-state index contributed by atoms with van der Waals surface area (Å²) >= 11 is 3.50. The zero-order valence-corrected chi connectivity index (χ0v) is 13.3. The Balaban J connectivity index is 1.91. The van der Waals surface area contributed by atoms with Crippen LogP contribution in [-0.4, -0.2) is 35.6 Å². The molecule has 0 radical (unpaired) electrons. The molecular weight excluding hydrogens is 302 g/mol. The highest BCUT2D eigenvalue weighted by Gasteiger charge is 2.16. The normalized spacial score (nSPS) is 19.8. The summed E-state index contributed by atoms with van der Waals surface area (Å²) in [5.74, 6) is 0. The molecule has 0 spiro atoms. The van der Waals surface area contributed by atoms with E-state index >= 15 is 0 Å². The molecule has 1 saturated heterocycles. The van der Waals surface area contributed by atoms with Crippen LogP contribution in [0, 0.1) is 0 Å².